The van der Waals surface area contributed by atoms with E-state index in [1.54, 1.807) is 10.7 Å². The number of hydrogen-bond acceptors (Lipinski definition) is 4. The Labute approximate surface area is 123 Å². The molecule has 3 rings (SSSR count). The molecule has 3 heterocycles. The molecule has 6 nitrogen and oxygen atoms in total. The monoisotopic (exact) mass is 288 g/mol. The minimum absolute atomic E-state index is 0.00954. The Balaban J connectivity index is 1.89. The lowest BCUT2D eigenvalue weighted by molar-refractivity contribution is 0.0727. The van der Waals surface area contributed by atoms with Gasteiger partial charge < -0.3 is 9.42 Å². The van der Waals surface area contributed by atoms with Gasteiger partial charge in [0.1, 0.15) is 11.5 Å². The first-order valence-corrected chi connectivity index (χ1v) is 7.39. The molecule has 1 aliphatic rings. The predicted octanol–water partition coefficient (Wildman–Crippen LogP) is 2.49. The summed E-state index contributed by atoms with van der Waals surface area (Å²) >= 11 is 0. The number of hydrogen-bond donors (Lipinski definition) is 0. The molecule has 1 saturated heterocycles. The molecule has 0 bridgehead atoms. The van der Waals surface area contributed by atoms with E-state index in [2.05, 4.69) is 10.3 Å². The van der Waals surface area contributed by atoms with Crippen molar-refractivity contribution in [1.82, 2.24) is 19.8 Å². The van der Waals surface area contributed by atoms with Crippen molar-refractivity contribution in [2.45, 2.75) is 46.2 Å². The summed E-state index contributed by atoms with van der Waals surface area (Å²) in [6, 6.07) is 1.84. The van der Waals surface area contributed by atoms with Gasteiger partial charge in [0, 0.05) is 24.8 Å². The third-order valence-electron chi connectivity index (χ3n) is 4.12. The van der Waals surface area contributed by atoms with Crippen LogP contribution in [0.5, 0.6) is 0 Å². The number of amides is 1. The summed E-state index contributed by atoms with van der Waals surface area (Å²) in [4.78, 5) is 14.6. The second kappa shape index (κ2) is 5.35. The Morgan fingerprint density at radius 2 is 2.29 bits per heavy atom. The Morgan fingerprint density at radius 1 is 1.48 bits per heavy atom. The Hall–Kier alpha value is -2.11. The molecule has 0 aliphatic carbocycles. The van der Waals surface area contributed by atoms with E-state index < -0.39 is 0 Å². The first-order chi connectivity index (χ1) is 10.1. The summed E-state index contributed by atoms with van der Waals surface area (Å²) in [5.74, 6) is 0.793. The maximum atomic E-state index is 12.7. The first-order valence-electron chi connectivity index (χ1n) is 7.39. The number of aryl methyl sites for hydroxylation is 3. The Kier molecular flexibility index (Phi) is 3.53. The number of carbonyl (C=O) groups excluding carboxylic acids is 1. The molecule has 0 N–H and O–H groups in total. The van der Waals surface area contributed by atoms with E-state index in [-0.39, 0.29) is 11.9 Å². The molecule has 1 aliphatic heterocycles. The van der Waals surface area contributed by atoms with Crippen LogP contribution in [0.15, 0.2) is 16.8 Å². The van der Waals surface area contributed by atoms with Crippen LogP contribution >= 0.6 is 0 Å². The predicted molar refractivity (Wildman–Crippen MR) is 76.9 cm³/mol. The van der Waals surface area contributed by atoms with Gasteiger partial charge in [0.05, 0.1) is 11.7 Å². The van der Waals surface area contributed by atoms with Crippen LogP contribution in [-0.2, 0) is 6.54 Å². The van der Waals surface area contributed by atoms with Crippen molar-refractivity contribution < 1.29 is 9.32 Å². The zero-order chi connectivity index (χ0) is 15.0. The highest BCUT2D eigenvalue weighted by Gasteiger charge is 2.34. The fourth-order valence-electron chi connectivity index (χ4n) is 3.07. The van der Waals surface area contributed by atoms with Crippen LogP contribution in [0.25, 0.3) is 0 Å². The molecule has 1 amide bonds. The van der Waals surface area contributed by atoms with E-state index in [4.69, 9.17) is 4.52 Å². The van der Waals surface area contributed by atoms with Crippen molar-refractivity contribution in [1.29, 1.82) is 0 Å². The molecular weight excluding hydrogens is 268 g/mol. The van der Waals surface area contributed by atoms with E-state index in [1.165, 1.54) is 0 Å². The number of rotatable bonds is 3. The van der Waals surface area contributed by atoms with E-state index in [1.807, 2.05) is 31.9 Å². The maximum absolute atomic E-state index is 12.7. The fourth-order valence-corrected chi connectivity index (χ4v) is 3.07. The van der Waals surface area contributed by atoms with Gasteiger partial charge in [-0.15, -0.1) is 0 Å². The average Bonchev–Trinajstić information content (AvgIpc) is 3.18. The molecule has 0 aromatic carbocycles. The molecule has 1 atom stereocenters. The molecule has 1 unspecified atom stereocenters. The minimum atomic E-state index is -0.00954. The third-order valence-corrected chi connectivity index (χ3v) is 4.12. The molecule has 2 aromatic rings. The lowest BCUT2D eigenvalue weighted by atomic mass is 10.0. The molecule has 0 spiro atoms. The molecule has 2 aromatic heterocycles. The lowest BCUT2D eigenvalue weighted by Crippen LogP contribution is -2.31. The highest BCUT2D eigenvalue weighted by Crippen LogP contribution is 2.36. The summed E-state index contributed by atoms with van der Waals surface area (Å²) in [7, 11) is 0. The average molecular weight is 288 g/mol. The highest BCUT2D eigenvalue weighted by molar-refractivity contribution is 5.92. The zero-order valence-corrected chi connectivity index (χ0v) is 12.7. The minimum Gasteiger partial charge on any atom is -0.361 e. The third kappa shape index (κ3) is 2.34. The normalized spacial score (nSPS) is 18.4. The van der Waals surface area contributed by atoms with Crippen molar-refractivity contribution in [3.8, 4) is 0 Å². The molecule has 0 saturated carbocycles. The van der Waals surface area contributed by atoms with Crippen LogP contribution in [0.1, 0.15) is 53.3 Å². The van der Waals surface area contributed by atoms with Crippen LogP contribution in [0, 0.1) is 13.8 Å². The summed E-state index contributed by atoms with van der Waals surface area (Å²) in [6.45, 7) is 7.36. The Bertz CT molecular complexity index is 639. The van der Waals surface area contributed by atoms with E-state index in [9.17, 15) is 4.79 Å². The van der Waals surface area contributed by atoms with Crippen LogP contribution in [-0.4, -0.2) is 32.3 Å². The van der Waals surface area contributed by atoms with E-state index >= 15 is 0 Å². The van der Waals surface area contributed by atoms with Gasteiger partial charge in [-0.05, 0) is 39.7 Å². The summed E-state index contributed by atoms with van der Waals surface area (Å²) in [6.07, 6.45) is 3.78. The molecule has 21 heavy (non-hydrogen) atoms. The van der Waals surface area contributed by atoms with Gasteiger partial charge in [0.25, 0.3) is 5.91 Å². The summed E-state index contributed by atoms with van der Waals surface area (Å²) in [5.41, 5.74) is 2.43. The van der Waals surface area contributed by atoms with Crippen LogP contribution < -0.4 is 0 Å². The molecule has 112 valence electrons. The lowest BCUT2D eigenvalue weighted by Gasteiger charge is -2.23. The van der Waals surface area contributed by atoms with Gasteiger partial charge in [0.2, 0.25) is 0 Å². The van der Waals surface area contributed by atoms with Gasteiger partial charge >= 0.3 is 0 Å². The van der Waals surface area contributed by atoms with Gasteiger partial charge in [-0.2, -0.15) is 5.10 Å². The molecular formula is C15H20N4O2. The van der Waals surface area contributed by atoms with Gasteiger partial charge in [-0.25, -0.2) is 0 Å². The SMILES string of the molecule is CCn1ccc(C(=O)N2CCCC2c2c(C)noc2C)n1. The number of nitrogens with zero attached hydrogens (tertiary/aromatic N) is 4. The van der Waals surface area contributed by atoms with Crippen LogP contribution in [0.3, 0.4) is 0 Å². The van der Waals surface area contributed by atoms with Crippen molar-refractivity contribution >= 4 is 5.91 Å². The summed E-state index contributed by atoms with van der Waals surface area (Å²) in [5, 5.41) is 8.33. The quantitative estimate of drug-likeness (QED) is 0.870. The number of aromatic nitrogens is 3. The van der Waals surface area contributed by atoms with Gasteiger partial charge in [0.15, 0.2) is 0 Å². The van der Waals surface area contributed by atoms with Crippen molar-refractivity contribution in [3.05, 3.63) is 35.0 Å². The number of carbonyl (C=O) groups is 1. The topological polar surface area (TPSA) is 64.2 Å². The maximum Gasteiger partial charge on any atom is 0.274 e. The fraction of sp³-hybridized carbons (Fsp3) is 0.533. The van der Waals surface area contributed by atoms with Crippen molar-refractivity contribution in [2.24, 2.45) is 0 Å². The van der Waals surface area contributed by atoms with E-state index in [0.29, 0.717) is 5.69 Å². The van der Waals surface area contributed by atoms with Crippen LogP contribution in [0.2, 0.25) is 0 Å². The van der Waals surface area contributed by atoms with Gasteiger partial charge in [-0.1, -0.05) is 5.16 Å². The largest absolute Gasteiger partial charge is 0.361 e. The standard InChI is InChI=1S/C15H20N4O2/c1-4-18-9-7-12(16-18)15(20)19-8-5-6-13(19)14-10(2)17-21-11(14)3/h7,9,13H,4-6,8H2,1-3H3. The molecule has 6 heteroatoms. The molecule has 0 radical (unpaired) electrons. The second-order valence-corrected chi connectivity index (χ2v) is 5.45. The smallest absolute Gasteiger partial charge is 0.274 e. The van der Waals surface area contributed by atoms with Crippen LogP contribution in [0.4, 0.5) is 0 Å². The van der Waals surface area contributed by atoms with Crippen molar-refractivity contribution in [2.75, 3.05) is 6.54 Å². The second-order valence-electron chi connectivity index (χ2n) is 5.45. The Morgan fingerprint density at radius 3 is 2.90 bits per heavy atom. The zero-order valence-electron chi connectivity index (χ0n) is 12.7. The summed E-state index contributed by atoms with van der Waals surface area (Å²) < 4.78 is 7.03. The van der Waals surface area contributed by atoms with E-state index in [0.717, 1.165) is 42.9 Å². The van der Waals surface area contributed by atoms with Gasteiger partial charge in [-0.3, -0.25) is 9.48 Å². The van der Waals surface area contributed by atoms with Crippen molar-refractivity contribution in [3.63, 3.8) is 0 Å². The molecule has 1 fully saturated rings. The number of likely N-dealkylation sites (tertiary alicyclic amines) is 1. The highest BCUT2D eigenvalue weighted by atomic mass is 16.5. The first kappa shape index (κ1) is 13.9.